The van der Waals surface area contributed by atoms with Crippen molar-refractivity contribution in [2.24, 2.45) is 14.1 Å². The Kier molecular flexibility index (Phi) is 2.63. The first-order valence-electron chi connectivity index (χ1n) is 4.71. The second-order valence-electron chi connectivity index (χ2n) is 3.52. The molecule has 2 rings (SSSR count). The zero-order chi connectivity index (χ0) is 11.9. The van der Waals surface area contributed by atoms with E-state index in [1.807, 2.05) is 25.6 Å². The van der Waals surface area contributed by atoms with Crippen LogP contribution in [0.5, 0.6) is 0 Å². The third-order valence-electron chi connectivity index (χ3n) is 2.30. The number of nitrogens with zero attached hydrogens (tertiary/aromatic N) is 4. The minimum Gasteiger partial charge on any atom is -0.481 e. The van der Waals surface area contributed by atoms with Crippen LogP contribution in [0.15, 0.2) is 5.16 Å². The number of imidazole rings is 1. The molecule has 0 spiro atoms. The van der Waals surface area contributed by atoms with Gasteiger partial charge in [-0.05, 0) is 6.92 Å². The molecule has 6 nitrogen and oxygen atoms in total. The van der Waals surface area contributed by atoms with Crippen molar-refractivity contribution in [3.8, 4) is 0 Å². The fourth-order valence-electron chi connectivity index (χ4n) is 1.66. The Hall–Kier alpha value is -1.50. The number of aliphatic carboxylic acids is 1. The van der Waals surface area contributed by atoms with Gasteiger partial charge in [-0.2, -0.15) is 5.10 Å². The van der Waals surface area contributed by atoms with Gasteiger partial charge in [0.1, 0.15) is 5.52 Å². The SMILES string of the molecule is Cc1nn(C)c2c1nc(SCC(=O)O)n2C. The predicted octanol–water partition coefficient (Wildman–Crippen LogP) is 0.792. The topological polar surface area (TPSA) is 72.9 Å². The average Bonchev–Trinajstić information content (AvgIpc) is 2.65. The lowest BCUT2D eigenvalue weighted by Gasteiger charge is -2.00. The Bertz CT molecular complexity index is 557. The Morgan fingerprint density at radius 2 is 2.19 bits per heavy atom. The summed E-state index contributed by atoms with van der Waals surface area (Å²) in [4.78, 5) is 14.9. The van der Waals surface area contributed by atoms with E-state index in [-0.39, 0.29) is 5.75 Å². The lowest BCUT2D eigenvalue weighted by atomic mass is 10.4. The molecular formula is C9H12N4O2S. The fraction of sp³-hybridized carbons (Fsp3) is 0.444. The van der Waals surface area contributed by atoms with Crippen molar-refractivity contribution in [1.29, 1.82) is 0 Å². The number of hydrogen-bond donors (Lipinski definition) is 1. The first-order chi connectivity index (χ1) is 7.50. The zero-order valence-corrected chi connectivity index (χ0v) is 10.1. The van der Waals surface area contributed by atoms with Crippen LogP contribution >= 0.6 is 11.8 Å². The maximum atomic E-state index is 10.5. The van der Waals surface area contributed by atoms with Gasteiger partial charge in [-0.1, -0.05) is 11.8 Å². The summed E-state index contributed by atoms with van der Waals surface area (Å²) >= 11 is 1.21. The number of fused-ring (bicyclic) bond motifs is 1. The van der Waals surface area contributed by atoms with E-state index >= 15 is 0 Å². The lowest BCUT2D eigenvalue weighted by molar-refractivity contribution is -0.133. The van der Waals surface area contributed by atoms with Crippen molar-refractivity contribution < 1.29 is 9.90 Å². The number of carbonyl (C=O) groups is 1. The van der Waals surface area contributed by atoms with Gasteiger partial charge in [0.25, 0.3) is 0 Å². The molecule has 0 saturated heterocycles. The summed E-state index contributed by atoms with van der Waals surface area (Å²) in [5.74, 6) is -0.823. The molecule has 0 aliphatic carbocycles. The van der Waals surface area contributed by atoms with Gasteiger partial charge in [0.2, 0.25) is 0 Å². The van der Waals surface area contributed by atoms with Gasteiger partial charge in [0.15, 0.2) is 10.8 Å². The molecule has 0 unspecified atom stereocenters. The number of hydrogen-bond acceptors (Lipinski definition) is 4. The van der Waals surface area contributed by atoms with Gasteiger partial charge >= 0.3 is 5.97 Å². The molecule has 0 saturated carbocycles. The van der Waals surface area contributed by atoms with Gasteiger partial charge in [-0.3, -0.25) is 9.48 Å². The van der Waals surface area contributed by atoms with E-state index in [1.54, 1.807) is 4.68 Å². The highest BCUT2D eigenvalue weighted by Crippen LogP contribution is 2.24. The van der Waals surface area contributed by atoms with Crippen LogP contribution < -0.4 is 0 Å². The highest BCUT2D eigenvalue weighted by molar-refractivity contribution is 7.99. The molecule has 7 heteroatoms. The van der Waals surface area contributed by atoms with E-state index in [0.29, 0.717) is 5.16 Å². The maximum Gasteiger partial charge on any atom is 0.313 e. The van der Waals surface area contributed by atoms with Gasteiger partial charge < -0.3 is 9.67 Å². The lowest BCUT2D eigenvalue weighted by Crippen LogP contribution is -2.02. The number of thioether (sulfide) groups is 1. The fourth-order valence-corrected chi connectivity index (χ4v) is 2.35. The highest BCUT2D eigenvalue weighted by atomic mass is 32.2. The molecule has 1 N–H and O–H groups in total. The molecule has 0 amide bonds. The van der Waals surface area contributed by atoms with Crippen molar-refractivity contribution in [2.45, 2.75) is 12.1 Å². The van der Waals surface area contributed by atoms with Gasteiger partial charge in [0.05, 0.1) is 11.4 Å². The Balaban J connectivity index is 2.44. The second kappa shape index (κ2) is 3.82. The van der Waals surface area contributed by atoms with Crippen molar-refractivity contribution in [3.63, 3.8) is 0 Å². The molecule has 2 heterocycles. The Morgan fingerprint density at radius 1 is 1.50 bits per heavy atom. The Labute approximate surface area is 96.3 Å². The van der Waals surface area contributed by atoms with Crippen molar-refractivity contribution >= 4 is 28.9 Å². The minimum atomic E-state index is -0.841. The zero-order valence-electron chi connectivity index (χ0n) is 9.26. The van der Waals surface area contributed by atoms with E-state index < -0.39 is 5.97 Å². The molecule has 0 radical (unpaired) electrons. The van der Waals surface area contributed by atoms with Crippen LogP contribution in [0.25, 0.3) is 11.2 Å². The third-order valence-corrected chi connectivity index (χ3v) is 3.31. The van der Waals surface area contributed by atoms with Crippen LogP contribution in [0.1, 0.15) is 5.69 Å². The molecule has 0 atom stereocenters. The van der Waals surface area contributed by atoms with E-state index in [4.69, 9.17) is 5.11 Å². The first kappa shape index (κ1) is 11.0. The normalized spacial score (nSPS) is 11.2. The molecule has 2 aromatic rings. The van der Waals surface area contributed by atoms with Crippen LogP contribution in [0.2, 0.25) is 0 Å². The van der Waals surface area contributed by atoms with E-state index in [2.05, 4.69) is 10.1 Å². The summed E-state index contributed by atoms with van der Waals surface area (Å²) in [5, 5.41) is 13.6. The van der Waals surface area contributed by atoms with Crippen molar-refractivity contribution in [2.75, 3.05) is 5.75 Å². The molecule has 0 bridgehead atoms. The van der Waals surface area contributed by atoms with Crippen LogP contribution in [-0.2, 0) is 18.9 Å². The van der Waals surface area contributed by atoms with E-state index in [1.165, 1.54) is 11.8 Å². The van der Waals surface area contributed by atoms with Crippen molar-refractivity contribution in [3.05, 3.63) is 5.69 Å². The molecule has 2 aromatic heterocycles. The number of aromatic nitrogens is 4. The second-order valence-corrected chi connectivity index (χ2v) is 4.46. The summed E-state index contributed by atoms with van der Waals surface area (Å²) in [5.41, 5.74) is 2.60. The number of carboxylic acids is 1. The minimum absolute atomic E-state index is 0.0175. The van der Waals surface area contributed by atoms with Crippen LogP contribution in [0, 0.1) is 6.92 Å². The predicted molar refractivity (Wildman–Crippen MR) is 60.6 cm³/mol. The van der Waals surface area contributed by atoms with Crippen LogP contribution in [-0.4, -0.2) is 36.2 Å². The largest absolute Gasteiger partial charge is 0.481 e. The molecule has 86 valence electrons. The van der Waals surface area contributed by atoms with Gasteiger partial charge in [0, 0.05) is 14.1 Å². The van der Waals surface area contributed by atoms with Crippen LogP contribution in [0.3, 0.4) is 0 Å². The molecular weight excluding hydrogens is 228 g/mol. The summed E-state index contributed by atoms with van der Waals surface area (Å²) < 4.78 is 3.62. The first-order valence-corrected chi connectivity index (χ1v) is 5.70. The number of aryl methyl sites for hydroxylation is 3. The summed E-state index contributed by atoms with van der Waals surface area (Å²) in [6, 6.07) is 0. The standard InChI is InChI=1S/C9H12N4O2S/c1-5-7-8(13(3)11-5)12(2)9(10-7)16-4-6(14)15/h4H2,1-3H3,(H,14,15). The molecule has 0 aromatic carbocycles. The van der Waals surface area contributed by atoms with Crippen LogP contribution in [0.4, 0.5) is 0 Å². The van der Waals surface area contributed by atoms with Crippen molar-refractivity contribution in [1.82, 2.24) is 19.3 Å². The molecule has 16 heavy (non-hydrogen) atoms. The van der Waals surface area contributed by atoms with Gasteiger partial charge in [-0.15, -0.1) is 0 Å². The molecule has 0 fully saturated rings. The average molecular weight is 240 g/mol. The van der Waals surface area contributed by atoms with E-state index in [0.717, 1.165) is 16.9 Å². The maximum absolute atomic E-state index is 10.5. The smallest absolute Gasteiger partial charge is 0.313 e. The number of rotatable bonds is 3. The number of carboxylic acid groups (broad SMARTS) is 1. The monoisotopic (exact) mass is 240 g/mol. The Morgan fingerprint density at radius 3 is 2.75 bits per heavy atom. The quantitative estimate of drug-likeness (QED) is 0.803. The summed E-state index contributed by atoms with van der Waals surface area (Å²) in [6.45, 7) is 1.89. The van der Waals surface area contributed by atoms with E-state index in [9.17, 15) is 4.79 Å². The summed E-state index contributed by atoms with van der Waals surface area (Å²) in [6.07, 6.45) is 0. The van der Waals surface area contributed by atoms with Gasteiger partial charge in [-0.25, -0.2) is 4.98 Å². The highest BCUT2D eigenvalue weighted by Gasteiger charge is 2.15. The third kappa shape index (κ3) is 1.67. The molecule has 0 aliphatic heterocycles. The summed E-state index contributed by atoms with van der Waals surface area (Å²) in [7, 11) is 3.71. The molecule has 0 aliphatic rings.